The molecule has 1 aliphatic carbocycles. The number of anilines is 2. The summed E-state index contributed by atoms with van der Waals surface area (Å²) in [5.74, 6) is 1.14. The molecule has 1 aromatic rings. The zero-order chi connectivity index (χ0) is 15.4. The van der Waals surface area contributed by atoms with Crippen molar-refractivity contribution in [2.45, 2.75) is 51.0 Å². The van der Waals surface area contributed by atoms with Crippen molar-refractivity contribution in [3.8, 4) is 0 Å². The maximum Gasteiger partial charge on any atom is 0.227 e. The number of nitrogens with one attached hydrogen (secondary N) is 1. The van der Waals surface area contributed by atoms with Crippen LogP contribution in [0.1, 0.15) is 44.9 Å². The normalized spacial score (nSPS) is 25.8. The third-order valence-electron chi connectivity index (χ3n) is 4.78. The Hall–Kier alpha value is -1.62. The largest absolute Gasteiger partial charge is 0.357 e. The first-order valence-electron chi connectivity index (χ1n) is 8.50. The number of rotatable bonds is 3. The SMILES string of the molecule is NC1CCCC(C(=O)Nc2ccc(N3CCCCC3)nc2)C1. The number of nitrogens with two attached hydrogens (primary N) is 1. The van der Waals surface area contributed by atoms with Gasteiger partial charge in [0.05, 0.1) is 11.9 Å². The first-order chi connectivity index (χ1) is 10.7. The van der Waals surface area contributed by atoms with Crippen LogP contribution in [0.15, 0.2) is 18.3 Å². The van der Waals surface area contributed by atoms with E-state index >= 15 is 0 Å². The van der Waals surface area contributed by atoms with Crippen LogP contribution < -0.4 is 16.0 Å². The van der Waals surface area contributed by atoms with Gasteiger partial charge in [-0.25, -0.2) is 4.98 Å². The van der Waals surface area contributed by atoms with Crippen molar-refractivity contribution in [2.24, 2.45) is 11.7 Å². The molecule has 1 saturated carbocycles. The van der Waals surface area contributed by atoms with Gasteiger partial charge in [0.15, 0.2) is 0 Å². The van der Waals surface area contributed by atoms with Crippen molar-refractivity contribution < 1.29 is 4.79 Å². The molecule has 3 N–H and O–H groups in total. The first-order valence-corrected chi connectivity index (χ1v) is 8.50. The van der Waals surface area contributed by atoms with Gasteiger partial charge in [-0.3, -0.25) is 4.79 Å². The van der Waals surface area contributed by atoms with Gasteiger partial charge in [-0.05, 0) is 50.7 Å². The molecule has 2 heterocycles. The third kappa shape index (κ3) is 3.77. The van der Waals surface area contributed by atoms with Crippen LogP contribution in [0, 0.1) is 5.92 Å². The molecule has 2 aliphatic rings. The number of piperidine rings is 1. The van der Waals surface area contributed by atoms with E-state index in [0.717, 1.165) is 50.3 Å². The van der Waals surface area contributed by atoms with Gasteiger partial charge in [-0.15, -0.1) is 0 Å². The Kier molecular flexibility index (Phi) is 4.93. The first kappa shape index (κ1) is 15.3. The highest BCUT2D eigenvalue weighted by Gasteiger charge is 2.25. The summed E-state index contributed by atoms with van der Waals surface area (Å²) in [6.07, 6.45) is 9.38. The van der Waals surface area contributed by atoms with E-state index in [0.29, 0.717) is 0 Å². The summed E-state index contributed by atoms with van der Waals surface area (Å²) in [7, 11) is 0. The number of aromatic nitrogens is 1. The van der Waals surface area contributed by atoms with Crippen LogP contribution in [0.2, 0.25) is 0 Å². The molecule has 1 amide bonds. The standard InChI is InChI=1S/C17H26N4O/c18-14-6-4-5-13(11-14)17(22)20-15-7-8-16(19-12-15)21-9-2-1-3-10-21/h7-8,12-14H,1-6,9-11,18H2,(H,20,22). The van der Waals surface area contributed by atoms with Crippen molar-refractivity contribution >= 4 is 17.4 Å². The van der Waals surface area contributed by atoms with Crippen LogP contribution in [0.3, 0.4) is 0 Å². The predicted octanol–water partition coefficient (Wildman–Crippen LogP) is 2.53. The highest BCUT2D eigenvalue weighted by molar-refractivity contribution is 5.92. The lowest BCUT2D eigenvalue weighted by Gasteiger charge is -2.28. The molecular formula is C17H26N4O. The van der Waals surface area contributed by atoms with Crippen LogP contribution >= 0.6 is 0 Å². The second-order valence-electron chi connectivity index (χ2n) is 6.57. The highest BCUT2D eigenvalue weighted by atomic mass is 16.1. The lowest BCUT2D eigenvalue weighted by molar-refractivity contribution is -0.120. The minimum atomic E-state index is 0.0468. The fourth-order valence-corrected chi connectivity index (χ4v) is 3.48. The summed E-state index contributed by atoms with van der Waals surface area (Å²) in [4.78, 5) is 19.1. The highest BCUT2D eigenvalue weighted by Crippen LogP contribution is 2.25. The molecule has 1 aromatic heterocycles. The van der Waals surface area contributed by atoms with Gasteiger partial charge in [0.25, 0.3) is 0 Å². The molecule has 2 atom stereocenters. The smallest absolute Gasteiger partial charge is 0.227 e. The number of pyridine rings is 1. The molecule has 0 aromatic carbocycles. The molecule has 0 spiro atoms. The van der Waals surface area contributed by atoms with Gasteiger partial charge in [0, 0.05) is 25.0 Å². The molecular weight excluding hydrogens is 276 g/mol. The number of carbonyl (C=O) groups is 1. The monoisotopic (exact) mass is 302 g/mol. The Bertz CT molecular complexity index is 496. The second-order valence-corrected chi connectivity index (χ2v) is 6.57. The minimum Gasteiger partial charge on any atom is -0.357 e. The van der Waals surface area contributed by atoms with Gasteiger partial charge in [-0.2, -0.15) is 0 Å². The van der Waals surface area contributed by atoms with Gasteiger partial charge >= 0.3 is 0 Å². The summed E-state index contributed by atoms with van der Waals surface area (Å²) in [6, 6.07) is 4.13. The molecule has 2 fully saturated rings. The Balaban J connectivity index is 1.57. The van der Waals surface area contributed by atoms with Crippen molar-refractivity contribution in [1.29, 1.82) is 0 Å². The lowest BCUT2D eigenvalue weighted by Crippen LogP contribution is -2.34. The maximum absolute atomic E-state index is 12.3. The summed E-state index contributed by atoms with van der Waals surface area (Å²) in [5, 5.41) is 2.99. The van der Waals surface area contributed by atoms with Crippen LogP contribution in [0.4, 0.5) is 11.5 Å². The van der Waals surface area contributed by atoms with Gasteiger partial charge in [0.2, 0.25) is 5.91 Å². The predicted molar refractivity (Wildman–Crippen MR) is 88.9 cm³/mol. The Labute approximate surface area is 132 Å². The molecule has 0 bridgehead atoms. The summed E-state index contributed by atoms with van der Waals surface area (Å²) < 4.78 is 0. The van der Waals surface area contributed by atoms with E-state index in [4.69, 9.17) is 5.73 Å². The summed E-state index contributed by atoms with van der Waals surface area (Å²) in [6.45, 7) is 2.16. The molecule has 3 rings (SSSR count). The van der Waals surface area contributed by atoms with Gasteiger partial charge in [-0.1, -0.05) is 6.42 Å². The van der Waals surface area contributed by atoms with E-state index in [1.807, 2.05) is 12.1 Å². The molecule has 1 saturated heterocycles. The molecule has 22 heavy (non-hydrogen) atoms. The zero-order valence-corrected chi connectivity index (χ0v) is 13.1. The molecule has 2 unspecified atom stereocenters. The molecule has 5 heteroatoms. The van der Waals surface area contributed by atoms with Crippen molar-refractivity contribution in [3.05, 3.63) is 18.3 Å². The molecule has 0 radical (unpaired) electrons. The van der Waals surface area contributed by atoms with E-state index < -0.39 is 0 Å². The number of amides is 1. The quantitative estimate of drug-likeness (QED) is 0.900. The fraction of sp³-hybridized carbons (Fsp3) is 0.647. The van der Waals surface area contributed by atoms with E-state index in [1.54, 1.807) is 6.20 Å². The number of carbonyl (C=O) groups excluding carboxylic acids is 1. The zero-order valence-electron chi connectivity index (χ0n) is 13.1. The lowest BCUT2D eigenvalue weighted by atomic mass is 9.85. The number of hydrogen-bond acceptors (Lipinski definition) is 4. The Morgan fingerprint density at radius 3 is 2.68 bits per heavy atom. The average molecular weight is 302 g/mol. The van der Waals surface area contributed by atoms with E-state index in [-0.39, 0.29) is 17.9 Å². The third-order valence-corrected chi connectivity index (χ3v) is 4.78. The molecule has 5 nitrogen and oxygen atoms in total. The second kappa shape index (κ2) is 7.09. The molecule has 1 aliphatic heterocycles. The van der Waals surface area contributed by atoms with Crippen LogP contribution in [0.5, 0.6) is 0 Å². The van der Waals surface area contributed by atoms with Crippen LogP contribution in [0.25, 0.3) is 0 Å². The topological polar surface area (TPSA) is 71.2 Å². The summed E-state index contributed by atoms with van der Waals surface area (Å²) >= 11 is 0. The van der Waals surface area contributed by atoms with Crippen molar-refractivity contribution in [1.82, 2.24) is 4.98 Å². The average Bonchev–Trinajstić information content (AvgIpc) is 2.56. The van der Waals surface area contributed by atoms with Crippen molar-refractivity contribution in [2.75, 3.05) is 23.3 Å². The fourth-order valence-electron chi connectivity index (χ4n) is 3.48. The maximum atomic E-state index is 12.3. The molecule has 120 valence electrons. The number of nitrogens with zero attached hydrogens (tertiary/aromatic N) is 2. The van der Waals surface area contributed by atoms with E-state index in [9.17, 15) is 4.79 Å². The van der Waals surface area contributed by atoms with Crippen LogP contribution in [-0.4, -0.2) is 30.0 Å². The van der Waals surface area contributed by atoms with E-state index in [2.05, 4.69) is 15.2 Å². The van der Waals surface area contributed by atoms with Crippen molar-refractivity contribution in [3.63, 3.8) is 0 Å². The minimum absolute atomic E-state index is 0.0468. The Morgan fingerprint density at radius 1 is 1.18 bits per heavy atom. The summed E-state index contributed by atoms with van der Waals surface area (Å²) in [5.41, 5.74) is 6.74. The Morgan fingerprint density at radius 2 is 2.00 bits per heavy atom. The van der Waals surface area contributed by atoms with Crippen LogP contribution in [-0.2, 0) is 4.79 Å². The van der Waals surface area contributed by atoms with Gasteiger partial charge < -0.3 is 16.0 Å². The van der Waals surface area contributed by atoms with Gasteiger partial charge in [0.1, 0.15) is 5.82 Å². The number of hydrogen-bond donors (Lipinski definition) is 2. The van der Waals surface area contributed by atoms with E-state index in [1.165, 1.54) is 19.3 Å².